The third-order valence-corrected chi connectivity index (χ3v) is 3.92. The zero-order valence-electron chi connectivity index (χ0n) is 12.9. The molecule has 1 rings (SSSR count). The van der Waals surface area contributed by atoms with Crippen molar-refractivity contribution in [3.63, 3.8) is 0 Å². The summed E-state index contributed by atoms with van der Waals surface area (Å²) in [7, 11) is 0. The number of carbonyl (C=O) groups excluding carboxylic acids is 2. The number of hydrogen-bond acceptors (Lipinski definition) is 2. The maximum absolute atomic E-state index is 12.6. The van der Waals surface area contributed by atoms with Crippen molar-refractivity contribution in [1.29, 1.82) is 0 Å². The van der Waals surface area contributed by atoms with Crippen LogP contribution in [-0.4, -0.2) is 29.3 Å². The van der Waals surface area contributed by atoms with Gasteiger partial charge in [0, 0.05) is 6.04 Å². The summed E-state index contributed by atoms with van der Waals surface area (Å²) in [4.78, 5) is 25.3. The van der Waals surface area contributed by atoms with E-state index in [1.807, 2.05) is 27.7 Å². The van der Waals surface area contributed by atoms with Crippen LogP contribution in [0.4, 0.5) is 0 Å². The number of carbonyl (C=O) groups is 2. The fraction of sp³-hybridized carbons (Fsp3) is 0.733. The lowest BCUT2D eigenvalue weighted by Gasteiger charge is -2.26. The van der Waals surface area contributed by atoms with Gasteiger partial charge in [-0.1, -0.05) is 25.5 Å². The van der Waals surface area contributed by atoms with Crippen LogP contribution >= 0.6 is 0 Å². The summed E-state index contributed by atoms with van der Waals surface area (Å²) in [6.45, 7) is 12.1. The second-order valence-corrected chi connectivity index (χ2v) is 6.60. The minimum atomic E-state index is -0.459. The molecule has 4 nitrogen and oxygen atoms in total. The maximum Gasteiger partial charge on any atom is 0.237 e. The second-order valence-electron chi connectivity index (χ2n) is 6.60. The lowest BCUT2D eigenvalue weighted by Crippen LogP contribution is -2.44. The molecule has 0 bridgehead atoms. The number of amides is 2. The molecule has 1 saturated carbocycles. The van der Waals surface area contributed by atoms with Crippen molar-refractivity contribution in [3.05, 3.63) is 11.6 Å². The SMILES string of the molecule is CC(C)=C[C@@H]1[C@@H](C(=O)N(CC(N)=O)C(C)C)C1(C)C. The predicted molar refractivity (Wildman–Crippen MR) is 76.2 cm³/mol. The lowest BCUT2D eigenvalue weighted by atomic mass is 10.1. The van der Waals surface area contributed by atoms with Gasteiger partial charge in [-0.05, 0) is 39.0 Å². The van der Waals surface area contributed by atoms with Crippen LogP contribution < -0.4 is 5.73 Å². The standard InChI is InChI=1S/C15H26N2O2/c1-9(2)7-11-13(15(11,5)6)14(19)17(10(3)4)8-12(16)18/h7,10-11,13H,8H2,1-6H3,(H2,16,18)/t11-,13+/m1/s1. The Hall–Kier alpha value is -1.32. The third kappa shape index (κ3) is 3.37. The summed E-state index contributed by atoms with van der Waals surface area (Å²) in [5.41, 5.74) is 6.42. The normalized spacial score (nSPS) is 23.9. The molecule has 19 heavy (non-hydrogen) atoms. The van der Waals surface area contributed by atoms with Crippen LogP contribution in [0.25, 0.3) is 0 Å². The average molecular weight is 266 g/mol. The Bertz CT molecular complexity index is 406. The molecule has 0 aliphatic heterocycles. The van der Waals surface area contributed by atoms with Gasteiger partial charge < -0.3 is 10.6 Å². The monoisotopic (exact) mass is 266 g/mol. The molecule has 108 valence electrons. The zero-order valence-corrected chi connectivity index (χ0v) is 12.9. The quantitative estimate of drug-likeness (QED) is 0.773. The number of nitrogens with two attached hydrogens (primary N) is 1. The van der Waals surface area contributed by atoms with Gasteiger partial charge >= 0.3 is 0 Å². The van der Waals surface area contributed by atoms with E-state index >= 15 is 0 Å². The molecule has 4 heteroatoms. The highest BCUT2D eigenvalue weighted by molar-refractivity contribution is 5.88. The molecular formula is C15H26N2O2. The molecule has 0 aromatic heterocycles. The molecule has 0 aromatic rings. The Labute approximate surface area is 116 Å². The van der Waals surface area contributed by atoms with Gasteiger partial charge in [0.15, 0.2) is 0 Å². The first-order valence-corrected chi connectivity index (χ1v) is 6.82. The van der Waals surface area contributed by atoms with Crippen LogP contribution in [0, 0.1) is 17.3 Å². The van der Waals surface area contributed by atoms with Crippen molar-refractivity contribution in [2.24, 2.45) is 23.0 Å². The number of rotatable bonds is 5. The van der Waals surface area contributed by atoms with Crippen LogP contribution in [-0.2, 0) is 9.59 Å². The summed E-state index contributed by atoms with van der Waals surface area (Å²) in [5, 5.41) is 0. The topological polar surface area (TPSA) is 63.4 Å². The summed E-state index contributed by atoms with van der Waals surface area (Å²) in [6, 6.07) is -0.0104. The van der Waals surface area contributed by atoms with E-state index in [-0.39, 0.29) is 35.7 Å². The van der Waals surface area contributed by atoms with Gasteiger partial charge in [0.25, 0.3) is 0 Å². The maximum atomic E-state index is 12.6. The van der Waals surface area contributed by atoms with E-state index in [0.717, 1.165) is 0 Å². The average Bonchev–Trinajstić information content (AvgIpc) is 2.74. The molecule has 1 aliphatic rings. The van der Waals surface area contributed by atoms with Crippen LogP contribution in [0.2, 0.25) is 0 Å². The van der Waals surface area contributed by atoms with E-state index in [1.165, 1.54) is 5.57 Å². The van der Waals surface area contributed by atoms with E-state index < -0.39 is 5.91 Å². The van der Waals surface area contributed by atoms with Crippen LogP contribution in [0.15, 0.2) is 11.6 Å². The van der Waals surface area contributed by atoms with E-state index in [0.29, 0.717) is 0 Å². The van der Waals surface area contributed by atoms with Crippen molar-refractivity contribution in [2.75, 3.05) is 6.54 Å². The number of nitrogens with zero attached hydrogens (tertiary/aromatic N) is 1. The molecule has 0 aromatic carbocycles. The first-order valence-electron chi connectivity index (χ1n) is 6.82. The summed E-state index contributed by atoms with van der Waals surface area (Å²) in [6.07, 6.45) is 2.16. The number of primary amides is 1. The highest BCUT2D eigenvalue weighted by Crippen LogP contribution is 2.60. The summed E-state index contributed by atoms with van der Waals surface area (Å²) >= 11 is 0. The van der Waals surface area contributed by atoms with Crippen LogP contribution in [0.5, 0.6) is 0 Å². The van der Waals surface area contributed by atoms with Crippen LogP contribution in [0.3, 0.4) is 0 Å². The van der Waals surface area contributed by atoms with Gasteiger partial charge in [-0.2, -0.15) is 0 Å². The molecular weight excluding hydrogens is 240 g/mol. The highest BCUT2D eigenvalue weighted by atomic mass is 16.2. The molecule has 0 spiro atoms. The highest BCUT2D eigenvalue weighted by Gasteiger charge is 2.61. The van der Waals surface area contributed by atoms with Crippen molar-refractivity contribution in [2.45, 2.75) is 47.6 Å². The largest absolute Gasteiger partial charge is 0.368 e. The molecule has 0 unspecified atom stereocenters. The van der Waals surface area contributed by atoms with Gasteiger partial charge in [0.2, 0.25) is 11.8 Å². The van der Waals surface area contributed by atoms with E-state index in [9.17, 15) is 9.59 Å². The smallest absolute Gasteiger partial charge is 0.237 e. The molecule has 1 aliphatic carbocycles. The van der Waals surface area contributed by atoms with Crippen LogP contribution in [0.1, 0.15) is 41.5 Å². The van der Waals surface area contributed by atoms with Crippen molar-refractivity contribution in [3.8, 4) is 0 Å². The Morgan fingerprint density at radius 3 is 2.21 bits per heavy atom. The molecule has 0 heterocycles. The molecule has 2 N–H and O–H groups in total. The van der Waals surface area contributed by atoms with Crippen molar-refractivity contribution in [1.82, 2.24) is 4.90 Å². The molecule has 0 radical (unpaired) electrons. The summed E-state index contributed by atoms with van der Waals surface area (Å²) < 4.78 is 0. The fourth-order valence-electron chi connectivity index (χ4n) is 2.68. The van der Waals surface area contributed by atoms with Gasteiger partial charge in [0.1, 0.15) is 0 Å². The van der Waals surface area contributed by atoms with Crippen molar-refractivity contribution < 1.29 is 9.59 Å². The fourth-order valence-corrected chi connectivity index (χ4v) is 2.68. The van der Waals surface area contributed by atoms with Crippen molar-refractivity contribution >= 4 is 11.8 Å². The molecule has 1 fully saturated rings. The lowest BCUT2D eigenvalue weighted by molar-refractivity contribution is -0.138. The van der Waals surface area contributed by atoms with E-state index in [1.54, 1.807) is 4.90 Å². The number of allylic oxidation sites excluding steroid dienone is 2. The van der Waals surface area contributed by atoms with Gasteiger partial charge in [0.05, 0.1) is 12.5 Å². The Morgan fingerprint density at radius 1 is 1.32 bits per heavy atom. The Morgan fingerprint density at radius 2 is 1.84 bits per heavy atom. The minimum Gasteiger partial charge on any atom is -0.368 e. The molecule has 2 atom stereocenters. The first kappa shape index (κ1) is 15.7. The van der Waals surface area contributed by atoms with Gasteiger partial charge in [-0.3, -0.25) is 9.59 Å². The number of hydrogen-bond donors (Lipinski definition) is 1. The summed E-state index contributed by atoms with van der Waals surface area (Å²) in [5.74, 6) is -0.191. The minimum absolute atomic E-state index is 0.00458. The van der Waals surface area contributed by atoms with Gasteiger partial charge in [-0.25, -0.2) is 0 Å². The van der Waals surface area contributed by atoms with E-state index in [4.69, 9.17) is 5.73 Å². The Balaban J connectivity index is 2.88. The molecule has 2 amide bonds. The van der Waals surface area contributed by atoms with E-state index in [2.05, 4.69) is 19.9 Å². The third-order valence-electron chi connectivity index (χ3n) is 3.92. The second kappa shape index (κ2) is 5.35. The zero-order chi connectivity index (χ0) is 15.0. The Kier molecular flexibility index (Phi) is 4.43. The molecule has 0 saturated heterocycles. The van der Waals surface area contributed by atoms with Gasteiger partial charge in [-0.15, -0.1) is 0 Å². The first-order chi connectivity index (χ1) is 8.59. The predicted octanol–water partition coefficient (Wildman–Crippen LogP) is 1.95.